The maximum Gasteiger partial charge on any atom is 0.408 e. The van der Waals surface area contributed by atoms with Gasteiger partial charge in [-0.05, 0) is 55.0 Å². The van der Waals surface area contributed by atoms with Crippen LogP contribution >= 0.6 is 0 Å². The molecule has 2 atom stereocenters. The Kier molecular flexibility index (Phi) is 9.30. The molecule has 2 aromatic rings. The monoisotopic (exact) mass is 449 g/mol. The molecule has 2 amide bonds. The van der Waals surface area contributed by atoms with Crippen LogP contribution in [-0.4, -0.2) is 29.3 Å². The lowest BCUT2D eigenvalue weighted by Gasteiger charge is -2.31. The van der Waals surface area contributed by atoms with Gasteiger partial charge < -0.3 is 26.2 Å². The molecule has 33 heavy (non-hydrogen) atoms. The van der Waals surface area contributed by atoms with Gasteiger partial charge in [-0.25, -0.2) is 4.79 Å². The SMILES string of the molecule is C=C/C=C(\C=C/N)COC(=O)N[C@@](C)(Cc1ccc(O)cc1)C(=O)N[C@@H](C)c1ccccc1. The van der Waals surface area contributed by atoms with E-state index in [4.69, 9.17) is 10.5 Å². The van der Waals surface area contributed by atoms with Crippen LogP contribution in [0.15, 0.2) is 91.2 Å². The molecule has 0 unspecified atom stereocenters. The summed E-state index contributed by atoms with van der Waals surface area (Å²) in [5.41, 5.74) is 6.44. The lowest BCUT2D eigenvalue weighted by atomic mass is 9.91. The Hall–Kier alpha value is -4.00. The van der Waals surface area contributed by atoms with Crippen LogP contribution in [0.2, 0.25) is 0 Å². The number of alkyl carbamates (subject to hydrolysis) is 1. The number of hydrogen-bond acceptors (Lipinski definition) is 5. The summed E-state index contributed by atoms with van der Waals surface area (Å²) in [6.07, 6.45) is 5.60. The van der Waals surface area contributed by atoms with Crippen LogP contribution < -0.4 is 16.4 Å². The number of nitrogens with one attached hydrogen (secondary N) is 2. The maximum atomic E-state index is 13.3. The van der Waals surface area contributed by atoms with Crippen molar-refractivity contribution in [1.29, 1.82) is 0 Å². The third kappa shape index (κ3) is 7.88. The van der Waals surface area contributed by atoms with E-state index in [2.05, 4.69) is 17.2 Å². The summed E-state index contributed by atoms with van der Waals surface area (Å²) in [5, 5.41) is 15.2. The Balaban J connectivity index is 2.19. The number of rotatable bonds is 10. The maximum absolute atomic E-state index is 13.3. The fourth-order valence-electron chi connectivity index (χ4n) is 3.22. The summed E-state index contributed by atoms with van der Waals surface area (Å²) in [5.74, 6) is -0.253. The normalized spacial score (nSPS) is 14.2. The fraction of sp³-hybridized carbons (Fsp3) is 0.231. The Morgan fingerprint density at radius 2 is 1.85 bits per heavy atom. The molecule has 0 heterocycles. The van der Waals surface area contributed by atoms with Gasteiger partial charge in [-0.1, -0.05) is 61.2 Å². The van der Waals surface area contributed by atoms with Crippen LogP contribution in [0.4, 0.5) is 4.79 Å². The third-order valence-electron chi connectivity index (χ3n) is 5.03. The van der Waals surface area contributed by atoms with E-state index >= 15 is 0 Å². The van der Waals surface area contributed by atoms with Crippen molar-refractivity contribution in [3.63, 3.8) is 0 Å². The zero-order valence-electron chi connectivity index (χ0n) is 19.0. The second kappa shape index (κ2) is 12.1. The first-order valence-electron chi connectivity index (χ1n) is 10.6. The largest absolute Gasteiger partial charge is 0.508 e. The minimum atomic E-state index is -1.32. The molecule has 0 bridgehead atoms. The number of hydrogen-bond donors (Lipinski definition) is 4. The lowest BCUT2D eigenvalue weighted by molar-refractivity contribution is -0.127. The molecule has 0 saturated heterocycles. The van der Waals surface area contributed by atoms with Crippen molar-refractivity contribution in [3.05, 3.63) is 102 Å². The molecule has 5 N–H and O–H groups in total. The van der Waals surface area contributed by atoms with Crippen molar-refractivity contribution in [1.82, 2.24) is 10.6 Å². The number of phenolic OH excluding ortho intramolecular Hbond substituents is 1. The van der Waals surface area contributed by atoms with Crippen LogP contribution in [0.25, 0.3) is 0 Å². The summed E-state index contributed by atoms with van der Waals surface area (Å²) in [7, 11) is 0. The number of benzene rings is 2. The molecule has 7 heteroatoms. The summed E-state index contributed by atoms with van der Waals surface area (Å²) >= 11 is 0. The number of carbonyl (C=O) groups excluding carboxylic acids is 2. The van der Waals surface area contributed by atoms with Gasteiger partial charge in [0.25, 0.3) is 0 Å². The first-order chi connectivity index (χ1) is 15.8. The van der Waals surface area contributed by atoms with Crippen molar-refractivity contribution < 1.29 is 19.4 Å². The van der Waals surface area contributed by atoms with Crippen LogP contribution in [-0.2, 0) is 16.0 Å². The summed E-state index contributed by atoms with van der Waals surface area (Å²) in [6.45, 7) is 7.09. The van der Waals surface area contributed by atoms with E-state index in [-0.39, 0.29) is 30.7 Å². The molecule has 0 aliphatic carbocycles. The standard InChI is InChI=1S/C26H31N3O4/c1-4-8-21(15-16-27)18-33-25(32)29-26(3,17-20-11-13-23(30)14-12-20)24(31)28-19(2)22-9-6-5-7-10-22/h4-16,19,30H,1,17-18,27H2,2-3H3,(H,28,31)(H,29,32)/b16-15-,21-8+/t19-,26-/m0/s1. The number of carbonyl (C=O) groups is 2. The number of phenols is 1. The molecule has 0 aliphatic heterocycles. The zero-order chi connectivity index (χ0) is 24.3. The highest BCUT2D eigenvalue weighted by molar-refractivity contribution is 5.90. The zero-order valence-corrected chi connectivity index (χ0v) is 19.0. The van der Waals surface area contributed by atoms with Gasteiger partial charge in [-0.2, -0.15) is 0 Å². The van der Waals surface area contributed by atoms with E-state index in [0.717, 1.165) is 11.1 Å². The van der Waals surface area contributed by atoms with Gasteiger partial charge in [-0.15, -0.1) is 0 Å². The van der Waals surface area contributed by atoms with Crippen molar-refractivity contribution in [2.75, 3.05) is 6.61 Å². The van der Waals surface area contributed by atoms with Gasteiger partial charge in [0.1, 0.15) is 17.9 Å². The minimum Gasteiger partial charge on any atom is -0.508 e. The highest BCUT2D eigenvalue weighted by Crippen LogP contribution is 2.20. The van der Waals surface area contributed by atoms with E-state index in [1.165, 1.54) is 18.3 Å². The molecule has 2 rings (SSSR count). The highest BCUT2D eigenvalue weighted by Gasteiger charge is 2.36. The number of amides is 2. The quantitative estimate of drug-likeness (QED) is 0.411. The molecule has 0 radical (unpaired) electrons. The topological polar surface area (TPSA) is 114 Å². The van der Waals surface area contributed by atoms with Gasteiger partial charge in [0.15, 0.2) is 0 Å². The smallest absolute Gasteiger partial charge is 0.408 e. The molecule has 0 aromatic heterocycles. The van der Waals surface area contributed by atoms with Crippen molar-refractivity contribution in [2.45, 2.75) is 31.8 Å². The van der Waals surface area contributed by atoms with Gasteiger partial charge in [0.05, 0.1) is 6.04 Å². The lowest BCUT2D eigenvalue weighted by Crippen LogP contribution is -2.58. The van der Waals surface area contributed by atoms with E-state index in [9.17, 15) is 14.7 Å². The van der Waals surface area contributed by atoms with E-state index in [1.807, 2.05) is 37.3 Å². The second-order valence-electron chi connectivity index (χ2n) is 7.82. The van der Waals surface area contributed by atoms with Crippen LogP contribution in [0.3, 0.4) is 0 Å². The Labute approximate surface area is 194 Å². The molecule has 7 nitrogen and oxygen atoms in total. The second-order valence-corrected chi connectivity index (χ2v) is 7.82. The van der Waals surface area contributed by atoms with Gasteiger partial charge in [0, 0.05) is 6.42 Å². The van der Waals surface area contributed by atoms with E-state index < -0.39 is 11.6 Å². The molecular weight excluding hydrogens is 418 g/mol. The molecule has 0 spiro atoms. The third-order valence-corrected chi connectivity index (χ3v) is 5.03. The average Bonchev–Trinajstić information content (AvgIpc) is 2.80. The molecule has 0 saturated carbocycles. The van der Waals surface area contributed by atoms with Crippen molar-refractivity contribution in [2.24, 2.45) is 5.73 Å². The fourth-order valence-corrected chi connectivity index (χ4v) is 3.22. The Morgan fingerprint density at radius 1 is 1.18 bits per heavy atom. The number of aromatic hydroxyl groups is 1. The van der Waals surface area contributed by atoms with Crippen LogP contribution in [0.5, 0.6) is 5.75 Å². The number of nitrogens with two attached hydrogens (primary N) is 1. The summed E-state index contributed by atoms with van der Waals surface area (Å²) in [6, 6.07) is 15.7. The molecule has 0 fully saturated rings. The number of allylic oxidation sites excluding steroid dienone is 2. The van der Waals surface area contributed by atoms with Gasteiger partial charge in [-0.3, -0.25) is 4.79 Å². The minimum absolute atomic E-state index is 0.0388. The summed E-state index contributed by atoms with van der Waals surface area (Å²) < 4.78 is 5.31. The van der Waals surface area contributed by atoms with E-state index in [0.29, 0.717) is 5.57 Å². The van der Waals surface area contributed by atoms with Crippen molar-refractivity contribution >= 4 is 12.0 Å². The Morgan fingerprint density at radius 3 is 2.45 bits per heavy atom. The van der Waals surface area contributed by atoms with Crippen LogP contribution in [0.1, 0.15) is 31.0 Å². The first kappa shape index (κ1) is 25.3. The van der Waals surface area contributed by atoms with Crippen molar-refractivity contribution in [3.8, 4) is 5.75 Å². The molecule has 2 aromatic carbocycles. The number of ether oxygens (including phenoxy) is 1. The highest BCUT2D eigenvalue weighted by atomic mass is 16.5. The molecule has 174 valence electrons. The molecule has 0 aliphatic rings. The average molecular weight is 450 g/mol. The predicted molar refractivity (Wildman–Crippen MR) is 129 cm³/mol. The van der Waals surface area contributed by atoms with Gasteiger partial charge in [0.2, 0.25) is 5.91 Å². The Bertz CT molecular complexity index is 1000. The summed E-state index contributed by atoms with van der Waals surface area (Å²) in [4.78, 5) is 25.9. The van der Waals surface area contributed by atoms with E-state index in [1.54, 1.807) is 37.3 Å². The van der Waals surface area contributed by atoms with Gasteiger partial charge >= 0.3 is 6.09 Å². The molecular formula is C26H31N3O4. The first-order valence-corrected chi connectivity index (χ1v) is 10.6. The predicted octanol–water partition coefficient (Wildman–Crippen LogP) is 3.88. The van der Waals surface area contributed by atoms with Crippen LogP contribution in [0, 0.1) is 0 Å².